The summed E-state index contributed by atoms with van der Waals surface area (Å²) in [6, 6.07) is 21.8. The Morgan fingerprint density at radius 2 is 1.71 bits per heavy atom. The molecule has 0 aliphatic heterocycles. The molecular formula is C27H23F2N3O2. The lowest BCUT2D eigenvalue weighted by Crippen LogP contribution is -2.32. The fourth-order valence-corrected chi connectivity index (χ4v) is 3.90. The van der Waals surface area contributed by atoms with E-state index in [9.17, 15) is 13.6 Å². The predicted octanol–water partition coefficient (Wildman–Crippen LogP) is 6.06. The molecule has 1 aliphatic carbocycles. The summed E-state index contributed by atoms with van der Waals surface area (Å²) < 4.78 is 35.6. The lowest BCUT2D eigenvalue weighted by Gasteiger charge is -2.23. The van der Waals surface area contributed by atoms with Crippen molar-refractivity contribution in [3.8, 4) is 17.3 Å². The zero-order chi connectivity index (χ0) is 23.7. The van der Waals surface area contributed by atoms with Gasteiger partial charge in [0.2, 0.25) is 5.88 Å². The third kappa shape index (κ3) is 4.41. The SMILES string of the molecule is Cc1nn(-c2ccccc2)c(Oc2ccc(F)cc2F)c1CN(C(=O)c1ccccc1)C1CC1. The van der Waals surface area contributed by atoms with Gasteiger partial charge in [-0.2, -0.15) is 5.10 Å². The number of para-hydroxylation sites is 1. The molecule has 172 valence electrons. The first-order valence-corrected chi connectivity index (χ1v) is 11.1. The van der Waals surface area contributed by atoms with Crippen LogP contribution in [0.4, 0.5) is 8.78 Å². The maximum absolute atomic E-state index is 14.5. The van der Waals surface area contributed by atoms with E-state index in [2.05, 4.69) is 5.10 Å². The van der Waals surface area contributed by atoms with Gasteiger partial charge in [-0.3, -0.25) is 4.79 Å². The fourth-order valence-electron chi connectivity index (χ4n) is 3.90. The quantitative estimate of drug-likeness (QED) is 0.338. The number of amides is 1. The highest BCUT2D eigenvalue weighted by atomic mass is 19.1. The molecule has 0 unspecified atom stereocenters. The van der Waals surface area contributed by atoms with Crippen molar-refractivity contribution < 1.29 is 18.3 Å². The Hall–Kier alpha value is -4.00. The smallest absolute Gasteiger partial charge is 0.254 e. The van der Waals surface area contributed by atoms with E-state index >= 15 is 0 Å². The monoisotopic (exact) mass is 459 g/mol. The van der Waals surface area contributed by atoms with Gasteiger partial charge in [-0.05, 0) is 56.2 Å². The summed E-state index contributed by atoms with van der Waals surface area (Å²) in [5.74, 6) is -1.41. The molecule has 0 radical (unpaired) electrons. The third-order valence-corrected chi connectivity index (χ3v) is 5.84. The van der Waals surface area contributed by atoms with Crippen LogP contribution in [-0.4, -0.2) is 26.6 Å². The van der Waals surface area contributed by atoms with Gasteiger partial charge in [-0.15, -0.1) is 0 Å². The highest BCUT2D eigenvalue weighted by Crippen LogP contribution is 2.36. The first kappa shape index (κ1) is 21.8. The second-order valence-electron chi connectivity index (χ2n) is 8.32. The molecule has 1 fully saturated rings. The van der Waals surface area contributed by atoms with Gasteiger partial charge in [-0.25, -0.2) is 13.5 Å². The van der Waals surface area contributed by atoms with E-state index in [0.29, 0.717) is 22.7 Å². The van der Waals surface area contributed by atoms with Crippen LogP contribution in [0.15, 0.2) is 78.9 Å². The summed E-state index contributed by atoms with van der Waals surface area (Å²) in [4.78, 5) is 15.2. The average molecular weight is 459 g/mol. The zero-order valence-electron chi connectivity index (χ0n) is 18.6. The molecule has 5 rings (SSSR count). The summed E-state index contributed by atoms with van der Waals surface area (Å²) in [6.45, 7) is 2.09. The Balaban J connectivity index is 1.57. The van der Waals surface area contributed by atoms with Crippen LogP contribution in [0.5, 0.6) is 11.6 Å². The number of carbonyl (C=O) groups excluding carboxylic acids is 1. The van der Waals surface area contributed by atoms with Crippen LogP contribution >= 0.6 is 0 Å². The van der Waals surface area contributed by atoms with E-state index in [1.54, 1.807) is 16.8 Å². The molecule has 1 aromatic heterocycles. The largest absolute Gasteiger partial charge is 0.435 e. The standard InChI is InChI=1S/C27H23F2N3O2/c1-18-23(17-31(21-13-14-21)26(33)19-8-4-2-5-9-19)27(32(30-18)22-10-6-3-7-11-22)34-25-15-12-20(28)16-24(25)29/h2-12,15-16,21H,13-14,17H2,1H3. The van der Waals surface area contributed by atoms with Crippen molar-refractivity contribution in [1.29, 1.82) is 0 Å². The van der Waals surface area contributed by atoms with Crippen LogP contribution in [0, 0.1) is 18.6 Å². The maximum Gasteiger partial charge on any atom is 0.254 e. The van der Waals surface area contributed by atoms with E-state index in [4.69, 9.17) is 4.74 Å². The maximum atomic E-state index is 14.5. The van der Waals surface area contributed by atoms with E-state index in [-0.39, 0.29) is 24.2 Å². The molecule has 1 heterocycles. The van der Waals surface area contributed by atoms with Gasteiger partial charge in [-0.1, -0.05) is 36.4 Å². The highest BCUT2D eigenvalue weighted by molar-refractivity contribution is 5.94. The van der Waals surface area contributed by atoms with Gasteiger partial charge in [0.15, 0.2) is 11.6 Å². The number of benzene rings is 3. The number of nitrogens with zero attached hydrogens (tertiary/aromatic N) is 3. The zero-order valence-corrected chi connectivity index (χ0v) is 18.6. The van der Waals surface area contributed by atoms with E-state index in [1.165, 1.54) is 6.07 Å². The molecule has 34 heavy (non-hydrogen) atoms. The van der Waals surface area contributed by atoms with Gasteiger partial charge < -0.3 is 9.64 Å². The van der Waals surface area contributed by atoms with Crippen LogP contribution in [0.1, 0.15) is 34.5 Å². The molecule has 7 heteroatoms. The van der Waals surface area contributed by atoms with Crippen molar-refractivity contribution in [2.75, 3.05) is 0 Å². The van der Waals surface area contributed by atoms with Crippen molar-refractivity contribution in [3.05, 3.63) is 107 Å². The number of halogens is 2. The summed E-state index contributed by atoms with van der Waals surface area (Å²) in [5, 5.41) is 4.65. The topological polar surface area (TPSA) is 47.4 Å². The van der Waals surface area contributed by atoms with Crippen molar-refractivity contribution in [2.24, 2.45) is 0 Å². The lowest BCUT2D eigenvalue weighted by atomic mass is 10.1. The summed E-state index contributed by atoms with van der Waals surface area (Å²) in [7, 11) is 0. The second kappa shape index (κ2) is 9.09. The van der Waals surface area contributed by atoms with Crippen molar-refractivity contribution in [3.63, 3.8) is 0 Å². The minimum atomic E-state index is -0.816. The number of carbonyl (C=O) groups is 1. The highest BCUT2D eigenvalue weighted by Gasteiger charge is 2.35. The van der Waals surface area contributed by atoms with E-state index in [1.807, 2.05) is 60.4 Å². The Morgan fingerprint density at radius 3 is 2.35 bits per heavy atom. The second-order valence-corrected chi connectivity index (χ2v) is 8.32. The molecule has 0 spiro atoms. The van der Waals surface area contributed by atoms with Gasteiger partial charge in [0.1, 0.15) is 5.82 Å². The molecule has 0 saturated heterocycles. The summed E-state index contributed by atoms with van der Waals surface area (Å²) in [6.07, 6.45) is 1.85. The van der Waals surface area contributed by atoms with Crippen LogP contribution in [-0.2, 0) is 6.54 Å². The van der Waals surface area contributed by atoms with Crippen LogP contribution in [0.3, 0.4) is 0 Å². The van der Waals surface area contributed by atoms with Gasteiger partial charge in [0.25, 0.3) is 5.91 Å². The molecule has 0 bridgehead atoms. The minimum Gasteiger partial charge on any atom is -0.435 e. The Morgan fingerprint density at radius 1 is 1.03 bits per heavy atom. The Kier molecular flexibility index (Phi) is 5.84. The van der Waals surface area contributed by atoms with Crippen molar-refractivity contribution in [2.45, 2.75) is 32.4 Å². The molecular weight excluding hydrogens is 436 g/mol. The molecule has 1 amide bonds. The predicted molar refractivity (Wildman–Crippen MR) is 124 cm³/mol. The van der Waals surface area contributed by atoms with Crippen LogP contribution < -0.4 is 4.74 Å². The number of hydrogen-bond acceptors (Lipinski definition) is 3. The molecule has 3 aromatic carbocycles. The number of hydrogen-bond donors (Lipinski definition) is 0. The summed E-state index contributed by atoms with van der Waals surface area (Å²) in [5.41, 5.74) is 2.66. The number of ether oxygens (including phenoxy) is 1. The molecule has 0 N–H and O–H groups in total. The fraction of sp³-hybridized carbons (Fsp3) is 0.185. The van der Waals surface area contributed by atoms with Crippen molar-refractivity contribution in [1.82, 2.24) is 14.7 Å². The normalized spacial score (nSPS) is 13.0. The van der Waals surface area contributed by atoms with Crippen LogP contribution in [0.2, 0.25) is 0 Å². The van der Waals surface area contributed by atoms with Gasteiger partial charge in [0.05, 0.1) is 23.5 Å². The molecule has 4 aromatic rings. The Bertz CT molecular complexity index is 1320. The molecule has 1 saturated carbocycles. The van der Waals surface area contributed by atoms with E-state index < -0.39 is 11.6 Å². The first-order chi connectivity index (χ1) is 16.5. The van der Waals surface area contributed by atoms with E-state index in [0.717, 1.165) is 30.7 Å². The van der Waals surface area contributed by atoms with Crippen LogP contribution in [0.25, 0.3) is 5.69 Å². The van der Waals surface area contributed by atoms with Gasteiger partial charge >= 0.3 is 0 Å². The third-order valence-electron chi connectivity index (χ3n) is 5.84. The van der Waals surface area contributed by atoms with Gasteiger partial charge in [0, 0.05) is 17.7 Å². The first-order valence-electron chi connectivity index (χ1n) is 11.1. The average Bonchev–Trinajstić information content (AvgIpc) is 3.65. The molecule has 0 atom stereocenters. The molecule has 1 aliphatic rings. The lowest BCUT2D eigenvalue weighted by molar-refractivity contribution is 0.0728. The summed E-state index contributed by atoms with van der Waals surface area (Å²) >= 11 is 0. The number of aromatic nitrogens is 2. The Labute approximate surface area is 196 Å². The van der Waals surface area contributed by atoms with Crippen molar-refractivity contribution >= 4 is 5.91 Å². The number of rotatable bonds is 7. The number of aryl methyl sites for hydroxylation is 1. The molecule has 5 nitrogen and oxygen atoms in total. The minimum absolute atomic E-state index is 0.0751.